The maximum absolute atomic E-state index is 10.1. The third kappa shape index (κ3) is 4.16. The minimum absolute atomic E-state index is 0.357. The number of fused-ring (bicyclic) bond motifs is 1. The number of aromatic nitrogens is 2. The van der Waals surface area contributed by atoms with Crippen molar-refractivity contribution in [1.82, 2.24) is 9.97 Å². The van der Waals surface area contributed by atoms with Gasteiger partial charge in [-0.2, -0.15) is 0 Å². The lowest BCUT2D eigenvalue weighted by molar-refractivity contribution is 0.415. The SMILES string of the molecule is COc1ccc(N2CCN(c3cnc4ccc(-c5cc(C)c(O)c(C)c5)cc4n3)CC2)cc1. The molecule has 0 aliphatic carbocycles. The van der Waals surface area contributed by atoms with Gasteiger partial charge in [0.2, 0.25) is 0 Å². The Hall–Kier alpha value is -3.80. The molecule has 0 saturated carbocycles. The zero-order chi connectivity index (χ0) is 22.9. The Morgan fingerprint density at radius 3 is 2.12 bits per heavy atom. The normalized spacial score (nSPS) is 14.0. The fourth-order valence-corrected chi connectivity index (χ4v) is 4.44. The lowest BCUT2D eigenvalue weighted by atomic mass is 9.99. The van der Waals surface area contributed by atoms with Gasteiger partial charge in [-0.3, -0.25) is 4.98 Å². The predicted octanol–water partition coefficient (Wildman–Crippen LogP) is 4.95. The molecule has 168 valence electrons. The first-order valence-electron chi connectivity index (χ1n) is 11.2. The molecule has 0 atom stereocenters. The number of aryl methyl sites for hydroxylation is 2. The molecule has 6 heteroatoms. The molecular formula is C27H28N4O2. The van der Waals surface area contributed by atoms with E-state index in [0.29, 0.717) is 5.75 Å². The Morgan fingerprint density at radius 1 is 0.788 bits per heavy atom. The molecule has 0 unspecified atom stereocenters. The Balaban J connectivity index is 1.36. The summed E-state index contributed by atoms with van der Waals surface area (Å²) in [5, 5.41) is 10.1. The molecule has 0 amide bonds. The smallest absolute Gasteiger partial charge is 0.147 e. The van der Waals surface area contributed by atoms with Gasteiger partial charge in [0, 0.05) is 31.9 Å². The van der Waals surface area contributed by atoms with E-state index in [1.807, 2.05) is 50.4 Å². The van der Waals surface area contributed by atoms with E-state index in [2.05, 4.69) is 39.0 Å². The van der Waals surface area contributed by atoms with Crippen molar-refractivity contribution in [3.8, 4) is 22.6 Å². The third-order valence-corrected chi connectivity index (χ3v) is 6.40. The van der Waals surface area contributed by atoms with Crippen LogP contribution in [-0.2, 0) is 0 Å². The highest BCUT2D eigenvalue weighted by Gasteiger charge is 2.19. The zero-order valence-electron chi connectivity index (χ0n) is 19.2. The zero-order valence-corrected chi connectivity index (χ0v) is 19.2. The van der Waals surface area contributed by atoms with Gasteiger partial charge in [0.05, 0.1) is 24.3 Å². The van der Waals surface area contributed by atoms with Crippen molar-refractivity contribution in [2.24, 2.45) is 0 Å². The molecular weight excluding hydrogens is 412 g/mol. The van der Waals surface area contributed by atoms with Crippen molar-refractivity contribution < 1.29 is 9.84 Å². The van der Waals surface area contributed by atoms with E-state index in [0.717, 1.165) is 71.0 Å². The van der Waals surface area contributed by atoms with Crippen molar-refractivity contribution in [1.29, 1.82) is 0 Å². The first kappa shape index (κ1) is 21.1. The molecule has 1 fully saturated rings. The summed E-state index contributed by atoms with van der Waals surface area (Å²) in [5.74, 6) is 2.14. The topological polar surface area (TPSA) is 61.7 Å². The molecule has 6 nitrogen and oxygen atoms in total. The fraction of sp³-hybridized carbons (Fsp3) is 0.259. The average Bonchev–Trinajstić information content (AvgIpc) is 2.86. The van der Waals surface area contributed by atoms with Crippen molar-refractivity contribution in [2.75, 3.05) is 43.1 Å². The highest BCUT2D eigenvalue weighted by Crippen LogP contribution is 2.31. The summed E-state index contributed by atoms with van der Waals surface area (Å²) < 4.78 is 5.27. The monoisotopic (exact) mass is 440 g/mol. The number of aromatic hydroxyl groups is 1. The number of rotatable bonds is 4. The van der Waals surface area contributed by atoms with Gasteiger partial charge >= 0.3 is 0 Å². The van der Waals surface area contributed by atoms with Crippen LogP contribution in [0.3, 0.4) is 0 Å². The van der Waals surface area contributed by atoms with Gasteiger partial charge in [0.1, 0.15) is 17.3 Å². The van der Waals surface area contributed by atoms with Gasteiger partial charge in [-0.25, -0.2) is 4.98 Å². The molecule has 33 heavy (non-hydrogen) atoms. The summed E-state index contributed by atoms with van der Waals surface area (Å²) in [6.45, 7) is 7.49. The molecule has 1 aliphatic heterocycles. The molecule has 1 aromatic heterocycles. The van der Waals surface area contributed by atoms with Crippen LogP contribution in [-0.4, -0.2) is 48.4 Å². The summed E-state index contributed by atoms with van der Waals surface area (Å²) in [6, 6.07) is 18.4. The molecule has 1 aliphatic rings. The molecule has 0 radical (unpaired) electrons. The molecule has 5 rings (SSSR count). The second-order valence-electron chi connectivity index (χ2n) is 8.56. The summed E-state index contributed by atoms with van der Waals surface area (Å²) in [4.78, 5) is 14.3. The second-order valence-corrected chi connectivity index (χ2v) is 8.56. The molecule has 4 aromatic rings. The van der Waals surface area contributed by atoms with Gasteiger partial charge < -0.3 is 19.6 Å². The lowest BCUT2D eigenvalue weighted by Crippen LogP contribution is -2.46. The number of anilines is 2. The Morgan fingerprint density at radius 2 is 1.45 bits per heavy atom. The Bertz CT molecular complexity index is 1270. The molecule has 3 aromatic carbocycles. The van der Waals surface area contributed by atoms with Crippen LogP contribution in [0.25, 0.3) is 22.2 Å². The number of nitrogens with zero attached hydrogens (tertiary/aromatic N) is 4. The van der Waals surface area contributed by atoms with E-state index in [-0.39, 0.29) is 0 Å². The summed E-state index contributed by atoms with van der Waals surface area (Å²) in [7, 11) is 1.69. The standard InChI is InChI=1S/C27H28N4O2/c1-18-14-21(15-19(2)27(18)32)20-4-9-24-25(16-20)29-26(17-28-24)31-12-10-30(11-13-31)22-5-7-23(33-3)8-6-22/h4-9,14-17,32H,10-13H2,1-3H3. The maximum Gasteiger partial charge on any atom is 0.147 e. The Kier molecular flexibility index (Phi) is 5.50. The number of benzene rings is 3. The number of phenols is 1. The second kappa shape index (κ2) is 8.62. The minimum atomic E-state index is 0.357. The van der Waals surface area contributed by atoms with Gasteiger partial charge in [-0.15, -0.1) is 0 Å². The lowest BCUT2D eigenvalue weighted by Gasteiger charge is -2.36. The van der Waals surface area contributed by atoms with Gasteiger partial charge in [-0.1, -0.05) is 6.07 Å². The van der Waals surface area contributed by atoms with E-state index in [1.165, 1.54) is 5.69 Å². The molecule has 0 bridgehead atoms. The van der Waals surface area contributed by atoms with Crippen LogP contribution in [0, 0.1) is 13.8 Å². The highest BCUT2D eigenvalue weighted by atomic mass is 16.5. The number of hydrogen-bond acceptors (Lipinski definition) is 6. The van der Waals surface area contributed by atoms with Gasteiger partial charge in [0.25, 0.3) is 0 Å². The van der Waals surface area contributed by atoms with E-state index < -0.39 is 0 Å². The molecule has 0 spiro atoms. The van der Waals surface area contributed by atoms with Crippen LogP contribution in [0.2, 0.25) is 0 Å². The number of hydrogen-bond donors (Lipinski definition) is 1. The van der Waals surface area contributed by atoms with Crippen LogP contribution in [0.5, 0.6) is 11.5 Å². The van der Waals surface area contributed by atoms with Crippen LogP contribution < -0.4 is 14.5 Å². The first-order valence-corrected chi connectivity index (χ1v) is 11.2. The van der Waals surface area contributed by atoms with E-state index in [4.69, 9.17) is 9.72 Å². The molecule has 1 N–H and O–H groups in total. The summed E-state index contributed by atoms with van der Waals surface area (Å²) in [5.41, 5.74) is 6.87. The number of ether oxygens (including phenoxy) is 1. The van der Waals surface area contributed by atoms with Crippen LogP contribution >= 0.6 is 0 Å². The van der Waals surface area contributed by atoms with E-state index in [9.17, 15) is 5.11 Å². The van der Waals surface area contributed by atoms with E-state index >= 15 is 0 Å². The highest BCUT2D eigenvalue weighted by molar-refractivity contribution is 5.83. The number of phenolic OH excluding ortho intramolecular Hbond substituents is 1. The van der Waals surface area contributed by atoms with Crippen LogP contribution in [0.1, 0.15) is 11.1 Å². The first-order chi connectivity index (χ1) is 16.0. The third-order valence-electron chi connectivity index (χ3n) is 6.40. The number of methoxy groups -OCH3 is 1. The van der Waals surface area contributed by atoms with E-state index in [1.54, 1.807) is 7.11 Å². The maximum atomic E-state index is 10.1. The average molecular weight is 441 g/mol. The van der Waals surface area contributed by atoms with Crippen molar-refractivity contribution >= 4 is 22.5 Å². The quantitative estimate of drug-likeness (QED) is 0.484. The fourth-order valence-electron chi connectivity index (χ4n) is 4.44. The van der Waals surface area contributed by atoms with Crippen molar-refractivity contribution in [2.45, 2.75) is 13.8 Å². The van der Waals surface area contributed by atoms with Gasteiger partial charge in [-0.05, 0) is 84.6 Å². The summed E-state index contributed by atoms with van der Waals surface area (Å²) in [6.07, 6.45) is 1.87. The number of piperazine rings is 1. The molecule has 1 saturated heterocycles. The van der Waals surface area contributed by atoms with Crippen molar-refractivity contribution in [3.05, 3.63) is 71.9 Å². The minimum Gasteiger partial charge on any atom is -0.507 e. The van der Waals surface area contributed by atoms with Crippen LogP contribution in [0.15, 0.2) is 60.8 Å². The molecule has 2 heterocycles. The van der Waals surface area contributed by atoms with Crippen LogP contribution in [0.4, 0.5) is 11.5 Å². The van der Waals surface area contributed by atoms with Gasteiger partial charge in [0.15, 0.2) is 0 Å². The van der Waals surface area contributed by atoms with Crippen molar-refractivity contribution in [3.63, 3.8) is 0 Å². The largest absolute Gasteiger partial charge is 0.507 e. The predicted molar refractivity (Wildman–Crippen MR) is 134 cm³/mol. The Labute approximate surface area is 194 Å². The summed E-state index contributed by atoms with van der Waals surface area (Å²) >= 11 is 0.